The second-order valence-corrected chi connectivity index (χ2v) is 57.2. The van der Waals surface area contributed by atoms with Gasteiger partial charge in [-0.1, -0.05) is 0 Å². The number of benzene rings is 1. The van der Waals surface area contributed by atoms with Gasteiger partial charge in [0.2, 0.25) is 0 Å². The van der Waals surface area contributed by atoms with Crippen molar-refractivity contribution in [3.05, 3.63) is 52.9 Å². The topological polar surface area (TPSA) is 30.8 Å². The molecule has 0 fully saturated rings. The van der Waals surface area contributed by atoms with Crippen molar-refractivity contribution in [1.29, 1.82) is 0 Å². The summed E-state index contributed by atoms with van der Waals surface area (Å²) in [7, 11) is 14.9. The molecule has 0 heterocycles. The molecule has 32 heavy (non-hydrogen) atoms. The van der Waals surface area contributed by atoms with Gasteiger partial charge in [-0.15, -0.1) is 0 Å². The van der Waals surface area contributed by atoms with Crippen molar-refractivity contribution >= 4 is 51.1 Å². The van der Waals surface area contributed by atoms with E-state index in [0.717, 1.165) is 42.0 Å². The molecule has 1 unspecified atom stereocenters. The van der Waals surface area contributed by atoms with Crippen LogP contribution in [-0.4, -0.2) is 28.1 Å². The molecule has 0 spiro atoms. The SMILES string of the molecule is CCCCC(C)c1cccc(C=N/C(=C/C=C(\CC)OC)CC)c1OI(C)(C)(C)I(Cl)Cl. The number of aliphatic imine (C=N–C) groups is 1. The standard InChI is InChI=1S/C25H41Cl2I2NO2/c1-9-12-14-20(4)24-16-13-15-21(25(24)32-29(5,6,7)28(26)27)19-30-22(10-2)17-18-23(11-3)31-8/h13,15-20H,9-12,14H2,1-8H3/b22-17+,23-18+,30-19?. The van der Waals surface area contributed by atoms with Crippen LogP contribution in [0.2, 0.25) is 0 Å². The number of hydrogen-bond acceptors (Lipinski definition) is 3. The van der Waals surface area contributed by atoms with E-state index in [2.05, 4.69) is 60.7 Å². The average Bonchev–Trinajstić information content (AvgIpc) is 2.74. The molecule has 1 aromatic rings. The molecule has 3 nitrogen and oxygen atoms in total. The Morgan fingerprint density at radius 2 is 1.81 bits per heavy atom. The number of para-hydroxylation sites is 1. The van der Waals surface area contributed by atoms with Gasteiger partial charge < -0.3 is 0 Å². The minimum atomic E-state index is -3.36. The van der Waals surface area contributed by atoms with Gasteiger partial charge in [0.05, 0.1) is 0 Å². The third-order valence-corrected chi connectivity index (χ3v) is 57.5. The average molecular weight is 712 g/mol. The zero-order valence-corrected chi connectivity index (χ0v) is 26.7. The molecule has 7 heteroatoms. The van der Waals surface area contributed by atoms with Crippen LogP contribution in [0.3, 0.4) is 0 Å². The van der Waals surface area contributed by atoms with Crippen molar-refractivity contribution in [2.45, 2.75) is 65.7 Å². The summed E-state index contributed by atoms with van der Waals surface area (Å²) in [6.45, 7) is 8.68. The number of ether oxygens (including phenoxy) is 1. The second kappa shape index (κ2) is 13.8. The molecule has 0 aromatic heterocycles. The van der Waals surface area contributed by atoms with Gasteiger partial charge in [-0.25, -0.2) is 0 Å². The van der Waals surface area contributed by atoms with Crippen LogP contribution in [0.5, 0.6) is 5.75 Å². The summed E-state index contributed by atoms with van der Waals surface area (Å²) >= 11 is -5.55. The third kappa shape index (κ3) is 9.34. The van der Waals surface area contributed by atoms with Gasteiger partial charge >= 0.3 is 210 Å². The van der Waals surface area contributed by atoms with Crippen LogP contribution in [0.25, 0.3) is 0 Å². The van der Waals surface area contributed by atoms with E-state index in [9.17, 15) is 0 Å². The molecule has 0 radical (unpaired) electrons. The number of nitrogens with zero attached hydrogens (tertiary/aromatic N) is 1. The predicted molar refractivity (Wildman–Crippen MR) is 164 cm³/mol. The van der Waals surface area contributed by atoms with E-state index >= 15 is 0 Å². The number of methoxy groups -OCH3 is 1. The molecule has 0 aliphatic carbocycles. The number of hydrogen-bond donors (Lipinski definition) is 0. The summed E-state index contributed by atoms with van der Waals surface area (Å²) in [5.41, 5.74) is 3.20. The van der Waals surface area contributed by atoms with E-state index < -0.39 is 27.1 Å². The normalized spacial score (nSPS) is 15.9. The molecule has 1 aromatic carbocycles. The molecule has 0 saturated carbocycles. The number of unbranched alkanes of at least 4 members (excludes halogenated alkanes) is 1. The van der Waals surface area contributed by atoms with Gasteiger partial charge in [-0.05, 0) is 0 Å². The molecule has 0 N–H and O–H groups in total. The summed E-state index contributed by atoms with van der Waals surface area (Å²) in [4.78, 5) is 11.3. The van der Waals surface area contributed by atoms with Crippen LogP contribution in [-0.2, 0) is 4.74 Å². The van der Waals surface area contributed by atoms with Gasteiger partial charge in [-0.2, -0.15) is 0 Å². The Kier molecular flexibility index (Phi) is 12.9. The molecule has 0 aliphatic rings. The van der Waals surface area contributed by atoms with Gasteiger partial charge in [0.15, 0.2) is 0 Å². The van der Waals surface area contributed by atoms with Crippen LogP contribution in [0.4, 0.5) is 0 Å². The van der Waals surface area contributed by atoms with Gasteiger partial charge in [-0.3, -0.25) is 0 Å². The van der Waals surface area contributed by atoms with Crippen LogP contribution in [0.15, 0.2) is 46.8 Å². The van der Waals surface area contributed by atoms with Crippen molar-refractivity contribution < 1.29 is 7.80 Å². The van der Waals surface area contributed by atoms with E-state index in [1.165, 1.54) is 18.4 Å². The Balaban J connectivity index is 3.49. The van der Waals surface area contributed by atoms with Crippen molar-refractivity contribution in [2.24, 2.45) is 4.99 Å². The molecular weight excluding hydrogens is 671 g/mol. The zero-order chi connectivity index (χ0) is 24.4. The Hall–Kier alpha value is 0.0100. The fourth-order valence-corrected chi connectivity index (χ4v) is 9.09. The number of rotatable bonds is 13. The monoisotopic (exact) mass is 711 g/mol. The molecule has 0 bridgehead atoms. The Bertz CT molecular complexity index is 821. The van der Waals surface area contributed by atoms with E-state index in [-0.39, 0.29) is 0 Å². The first kappa shape index (κ1) is 30.0. The molecule has 186 valence electrons. The van der Waals surface area contributed by atoms with Crippen molar-refractivity contribution in [1.82, 2.24) is 0 Å². The summed E-state index contributed by atoms with van der Waals surface area (Å²) in [6.07, 6.45) is 11.1. The van der Waals surface area contributed by atoms with E-state index in [1.807, 2.05) is 18.4 Å². The predicted octanol–water partition coefficient (Wildman–Crippen LogP) is 10.1. The van der Waals surface area contributed by atoms with Crippen molar-refractivity contribution in [3.8, 4) is 5.75 Å². The Morgan fingerprint density at radius 1 is 1.12 bits per heavy atom. The summed E-state index contributed by atoms with van der Waals surface area (Å²) in [6, 6.07) is 6.36. The summed E-state index contributed by atoms with van der Waals surface area (Å²) in [5.74, 6) is 2.25. The van der Waals surface area contributed by atoms with Gasteiger partial charge in [0, 0.05) is 0 Å². The first-order valence-electron chi connectivity index (χ1n) is 11.1. The van der Waals surface area contributed by atoms with Gasteiger partial charge in [0.25, 0.3) is 0 Å². The quantitative estimate of drug-likeness (QED) is 0.0671. The fraction of sp³-hybridized carbons (Fsp3) is 0.560. The summed E-state index contributed by atoms with van der Waals surface area (Å²) in [5, 5.41) is 0. The zero-order valence-electron chi connectivity index (χ0n) is 20.9. The van der Waals surface area contributed by atoms with E-state index in [4.69, 9.17) is 30.6 Å². The molecule has 0 saturated heterocycles. The van der Waals surface area contributed by atoms with Crippen LogP contribution in [0.1, 0.15) is 76.8 Å². The minimum absolute atomic E-state index is 0.394. The van der Waals surface area contributed by atoms with E-state index in [1.54, 1.807) is 7.11 Å². The van der Waals surface area contributed by atoms with Gasteiger partial charge in [0.1, 0.15) is 0 Å². The Labute approximate surface area is 208 Å². The van der Waals surface area contributed by atoms with Crippen LogP contribution in [0, 0.1) is 0 Å². The Morgan fingerprint density at radius 3 is 2.34 bits per heavy atom. The maximum atomic E-state index is 6.86. The number of halogens is 4. The van der Waals surface area contributed by atoms with Crippen molar-refractivity contribution in [2.75, 3.05) is 21.9 Å². The van der Waals surface area contributed by atoms with Crippen LogP contribution >= 0.6 is 44.9 Å². The van der Waals surface area contributed by atoms with Crippen LogP contribution < -0.4 is 3.07 Å². The van der Waals surface area contributed by atoms with Crippen molar-refractivity contribution in [3.63, 3.8) is 0 Å². The molecule has 1 rings (SSSR count). The van der Waals surface area contributed by atoms with E-state index in [0.29, 0.717) is 5.92 Å². The maximum absolute atomic E-state index is 6.86. The first-order chi connectivity index (χ1) is 15.0. The number of alkyl halides is 3. The molecule has 0 aliphatic heterocycles. The fourth-order valence-electron chi connectivity index (χ4n) is 3.02. The molecule has 1 atom stereocenters. The second-order valence-electron chi connectivity index (χ2n) is 8.59. The number of allylic oxidation sites excluding steroid dienone is 4. The third-order valence-electron chi connectivity index (χ3n) is 5.11. The molecular formula is C25H41Cl2I2NO2. The first-order valence-corrected chi connectivity index (χ1v) is 30.2. The molecule has 0 amide bonds. The summed E-state index contributed by atoms with van der Waals surface area (Å²) < 4.78 is 12.2.